The molecule has 0 saturated carbocycles. The van der Waals surface area contributed by atoms with Crippen LogP contribution in [0.15, 0.2) is 36.7 Å². The molecule has 0 radical (unpaired) electrons. The molecule has 2 aromatic rings. The lowest BCUT2D eigenvalue weighted by atomic mass is 9.94. The highest BCUT2D eigenvalue weighted by molar-refractivity contribution is 5.32. The number of fused-ring (bicyclic) bond motifs is 1. The van der Waals surface area contributed by atoms with Crippen LogP contribution in [0.4, 0.5) is 0 Å². The average Bonchev–Trinajstić information content (AvgIpc) is 3.11. The predicted molar refractivity (Wildman–Crippen MR) is 86.4 cm³/mol. The molecule has 1 aliphatic carbocycles. The van der Waals surface area contributed by atoms with Gasteiger partial charge >= 0.3 is 0 Å². The van der Waals surface area contributed by atoms with Gasteiger partial charge in [-0.05, 0) is 43.4 Å². The summed E-state index contributed by atoms with van der Waals surface area (Å²) in [6.07, 6.45) is 8.59. The first-order valence-corrected chi connectivity index (χ1v) is 8.06. The van der Waals surface area contributed by atoms with E-state index in [1.54, 1.807) is 0 Å². The molecule has 3 nitrogen and oxygen atoms in total. The smallest absolute Gasteiger partial charge is 0.110 e. The Morgan fingerprint density at radius 3 is 2.62 bits per heavy atom. The highest BCUT2D eigenvalue weighted by Crippen LogP contribution is 2.29. The van der Waals surface area contributed by atoms with Gasteiger partial charge < -0.3 is 9.88 Å². The van der Waals surface area contributed by atoms with Crippen LogP contribution < -0.4 is 5.32 Å². The van der Waals surface area contributed by atoms with Gasteiger partial charge in [-0.15, -0.1) is 0 Å². The number of hydrogen-bond acceptors (Lipinski definition) is 2. The quantitative estimate of drug-likeness (QED) is 0.883. The van der Waals surface area contributed by atoms with Crippen LogP contribution in [0.1, 0.15) is 30.3 Å². The molecule has 112 valence electrons. The van der Waals surface area contributed by atoms with Crippen molar-refractivity contribution in [1.82, 2.24) is 14.9 Å². The summed E-state index contributed by atoms with van der Waals surface area (Å²) in [6, 6.07) is 9.36. The Balaban J connectivity index is 1.70. The normalized spacial score (nSPS) is 16.1. The Bertz CT molecular complexity index is 563. The molecule has 3 heteroatoms. The molecule has 1 atom stereocenters. The summed E-state index contributed by atoms with van der Waals surface area (Å²) in [5.74, 6) is 1.89. The molecular formula is C18H25N3. The third kappa shape index (κ3) is 3.03. The molecule has 0 amide bonds. The first-order chi connectivity index (χ1) is 10.3. The second-order valence-electron chi connectivity index (χ2n) is 6.07. The van der Waals surface area contributed by atoms with Gasteiger partial charge in [-0.3, -0.25) is 0 Å². The zero-order valence-corrected chi connectivity index (χ0v) is 13.0. The van der Waals surface area contributed by atoms with Crippen molar-refractivity contribution in [1.29, 1.82) is 0 Å². The number of nitrogens with one attached hydrogen (secondary N) is 1. The fraction of sp³-hybridized carbons (Fsp3) is 0.500. The maximum Gasteiger partial charge on any atom is 0.110 e. The van der Waals surface area contributed by atoms with Gasteiger partial charge in [0.05, 0.1) is 0 Å². The van der Waals surface area contributed by atoms with E-state index in [0.717, 1.165) is 19.4 Å². The van der Waals surface area contributed by atoms with Gasteiger partial charge in [-0.25, -0.2) is 4.98 Å². The fourth-order valence-corrected chi connectivity index (χ4v) is 3.55. The van der Waals surface area contributed by atoms with Crippen molar-refractivity contribution in [2.75, 3.05) is 7.05 Å². The van der Waals surface area contributed by atoms with Crippen molar-refractivity contribution in [3.05, 3.63) is 53.6 Å². The molecule has 0 spiro atoms. The molecule has 0 fully saturated rings. The van der Waals surface area contributed by atoms with E-state index >= 15 is 0 Å². The number of rotatable bonds is 6. The molecule has 1 aliphatic rings. The van der Waals surface area contributed by atoms with Crippen molar-refractivity contribution in [3.8, 4) is 0 Å². The molecule has 1 unspecified atom stereocenters. The van der Waals surface area contributed by atoms with E-state index in [0.29, 0.717) is 12.0 Å². The molecule has 3 rings (SSSR count). The number of hydrogen-bond donors (Lipinski definition) is 1. The monoisotopic (exact) mass is 283 g/mol. The summed E-state index contributed by atoms with van der Waals surface area (Å²) in [5, 5.41) is 3.53. The maximum absolute atomic E-state index is 4.57. The maximum atomic E-state index is 4.57. The molecule has 1 aromatic heterocycles. The zero-order valence-electron chi connectivity index (χ0n) is 13.0. The summed E-state index contributed by atoms with van der Waals surface area (Å²) in [7, 11) is 2.08. The Morgan fingerprint density at radius 1 is 1.29 bits per heavy atom. The molecular weight excluding hydrogens is 258 g/mol. The first-order valence-electron chi connectivity index (χ1n) is 8.06. The highest BCUT2D eigenvalue weighted by atomic mass is 15.1. The van der Waals surface area contributed by atoms with Crippen LogP contribution in [0.25, 0.3) is 0 Å². The lowest BCUT2D eigenvalue weighted by molar-refractivity contribution is 0.373. The van der Waals surface area contributed by atoms with E-state index in [-0.39, 0.29) is 0 Å². The molecule has 1 aromatic carbocycles. The highest BCUT2D eigenvalue weighted by Gasteiger charge is 2.28. The van der Waals surface area contributed by atoms with Crippen molar-refractivity contribution in [3.63, 3.8) is 0 Å². The van der Waals surface area contributed by atoms with E-state index in [1.807, 2.05) is 6.20 Å². The lowest BCUT2D eigenvalue weighted by Gasteiger charge is -2.23. The van der Waals surface area contributed by atoms with Crippen molar-refractivity contribution < 1.29 is 0 Å². The molecule has 1 heterocycles. The predicted octanol–water partition coefficient (Wildman–Crippen LogP) is 2.84. The summed E-state index contributed by atoms with van der Waals surface area (Å²) in [6.45, 7) is 3.28. The largest absolute Gasteiger partial charge is 0.335 e. The Morgan fingerprint density at radius 2 is 2.00 bits per heavy atom. The number of nitrogens with zero attached hydrogens (tertiary/aromatic N) is 2. The third-order valence-corrected chi connectivity index (χ3v) is 4.69. The molecule has 1 N–H and O–H groups in total. The van der Waals surface area contributed by atoms with Gasteiger partial charge in [-0.1, -0.05) is 31.2 Å². The van der Waals surface area contributed by atoms with E-state index in [1.165, 1.54) is 29.8 Å². The number of aromatic nitrogens is 2. The number of aryl methyl sites for hydroxylation is 1. The Hall–Kier alpha value is -1.61. The van der Waals surface area contributed by atoms with Crippen LogP contribution in [-0.2, 0) is 25.8 Å². The minimum atomic E-state index is 0.496. The summed E-state index contributed by atoms with van der Waals surface area (Å²) < 4.78 is 2.30. The second kappa shape index (κ2) is 6.44. The summed E-state index contributed by atoms with van der Waals surface area (Å²) >= 11 is 0. The minimum absolute atomic E-state index is 0.496. The number of likely N-dealkylation sites (N-methyl/N-ethyl adjacent to an activating group) is 1. The van der Waals surface area contributed by atoms with Crippen LogP contribution >= 0.6 is 0 Å². The molecule has 0 bridgehead atoms. The first kappa shape index (κ1) is 14.3. The van der Waals surface area contributed by atoms with Crippen LogP contribution in [-0.4, -0.2) is 22.6 Å². The van der Waals surface area contributed by atoms with Gasteiger partial charge in [-0.2, -0.15) is 0 Å². The van der Waals surface area contributed by atoms with Crippen molar-refractivity contribution >= 4 is 0 Å². The SMILES string of the molecule is CCCn1ccnc1CC(NC)C1Cc2ccccc2C1. The van der Waals surface area contributed by atoms with Crippen molar-refractivity contribution in [2.24, 2.45) is 5.92 Å². The van der Waals surface area contributed by atoms with Gasteiger partial charge in [0, 0.05) is 31.4 Å². The van der Waals surface area contributed by atoms with Gasteiger partial charge in [0.1, 0.15) is 5.82 Å². The Labute approximate surface area is 127 Å². The number of imidazole rings is 1. The van der Waals surface area contributed by atoms with Gasteiger partial charge in [0.15, 0.2) is 0 Å². The van der Waals surface area contributed by atoms with E-state index in [2.05, 4.69) is 59.3 Å². The standard InChI is InChI=1S/C18H25N3/c1-3-9-21-10-8-20-18(21)13-17(19-2)16-11-14-6-4-5-7-15(14)12-16/h4-8,10,16-17,19H,3,9,11-13H2,1-2H3. The van der Waals surface area contributed by atoms with E-state index < -0.39 is 0 Å². The van der Waals surface area contributed by atoms with Gasteiger partial charge in [0.25, 0.3) is 0 Å². The van der Waals surface area contributed by atoms with Crippen LogP contribution in [0.5, 0.6) is 0 Å². The van der Waals surface area contributed by atoms with Crippen molar-refractivity contribution in [2.45, 2.75) is 45.2 Å². The summed E-state index contributed by atoms with van der Waals surface area (Å²) in [5.41, 5.74) is 3.05. The van der Waals surface area contributed by atoms with E-state index in [4.69, 9.17) is 0 Å². The average molecular weight is 283 g/mol. The lowest BCUT2D eigenvalue weighted by Crippen LogP contribution is -2.37. The zero-order chi connectivity index (χ0) is 14.7. The molecule has 21 heavy (non-hydrogen) atoms. The van der Waals surface area contributed by atoms with Gasteiger partial charge in [0.2, 0.25) is 0 Å². The second-order valence-corrected chi connectivity index (χ2v) is 6.07. The van der Waals surface area contributed by atoms with Crippen LogP contribution in [0, 0.1) is 5.92 Å². The fourth-order valence-electron chi connectivity index (χ4n) is 3.55. The third-order valence-electron chi connectivity index (χ3n) is 4.69. The topological polar surface area (TPSA) is 29.9 Å². The minimum Gasteiger partial charge on any atom is -0.335 e. The van der Waals surface area contributed by atoms with Crippen LogP contribution in [0.3, 0.4) is 0 Å². The number of benzene rings is 1. The van der Waals surface area contributed by atoms with E-state index in [9.17, 15) is 0 Å². The summed E-state index contributed by atoms with van der Waals surface area (Å²) in [4.78, 5) is 4.57. The Kier molecular flexibility index (Phi) is 4.39. The molecule has 0 aliphatic heterocycles. The van der Waals surface area contributed by atoms with Crippen LogP contribution in [0.2, 0.25) is 0 Å². The molecule has 0 saturated heterocycles.